The fourth-order valence-electron chi connectivity index (χ4n) is 2.20. The number of aryl methyl sites for hydroxylation is 1. The SMILES string of the molecule is CCCCCCOc1cc(F)c2cc(C)ccc2c1. The molecular weight excluding hydrogens is 239 g/mol. The highest BCUT2D eigenvalue weighted by atomic mass is 19.1. The van der Waals surface area contributed by atoms with E-state index < -0.39 is 0 Å². The van der Waals surface area contributed by atoms with E-state index in [9.17, 15) is 4.39 Å². The van der Waals surface area contributed by atoms with Crippen molar-refractivity contribution in [3.05, 3.63) is 41.7 Å². The molecule has 2 heteroatoms. The molecule has 0 spiro atoms. The fraction of sp³-hybridized carbons (Fsp3) is 0.412. The second-order valence-electron chi connectivity index (χ2n) is 5.04. The first-order valence-corrected chi connectivity index (χ1v) is 7.03. The summed E-state index contributed by atoms with van der Waals surface area (Å²) in [6.07, 6.45) is 4.64. The second kappa shape index (κ2) is 6.55. The number of benzene rings is 2. The van der Waals surface area contributed by atoms with Crippen LogP contribution in [0.15, 0.2) is 30.3 Å². The molecule has 0 aliphatic carbocycles. The van der Waals surface area contributed by atoms with E-state index in [1.165, 1.54) is 25.3 Å². The van der Waals surface area contributed by atoms with Gasteiger partial charge in [0.25, 0.3) is 0 Å². The van der Waals surface area contributed by atoms with Crippen LogP contribution in [0.2, 0.25) is 0 Å². The number of unbranched alkanes of at least 4 members (excludes halogenated alkanes) is 3. The summed E-state index contributed by atoms with van der Waals surface area (Å²) in [7, 11) is 0. The maximum absolute atomic E-state index is 14.0. The van der Waals surface area contributed by atoms with Crippen LogP contribution in [0.3, 0.4) is 0 Å². The van der Waals surface area contributed by atoms with E-state index in [0.717, 1.165) is 17.4 Å². The lowest BCUT2D eigenvalue weighted by atomic mass is 10.1. The molecular formula is C17H21FO. The van der Waals surface area contributed by atoms with Crippen LogP contribution >= 0.6 is 0 Å². The van der Waals surface area contributed by atoms with E-state index in [1.54, 1.807) is 0 Å². The van der Waals surface area contributed by atoms with E-state index in [4.69, 9.17) is 4.74 Å². The third-order valence-electron chi connectivity index (χ3n) is 3.30. The van der Waals surface area contributed by atoms with Crippen LogP contribution in [0.25, 0.3) is 10.8 Å². The summed E-state index contributed by atoms with van der Waals surface area (Å²) >= 11 is 0. The van der Waals surface area contributed by atoms with Crippen LogP contribution in [0.4, 0.5) is 4.39 Å². The van der Waals surface area contributed by atoms with Gasteiger partial charge in [0.05, 0.1) is 6.61 Å². The Bertz CT molecular complexity index is 548. The van der Waals surface area contributed by atoms with E-state index in [-0.39, 0.29) is 5.82 Å². The number of halogens is 1. The van der Waals surface area contributed by atoms with Gasteiger partial charge in [-0.1, -0.05) is 43.9 Å². The molecule has 0 aliphatic heterocycles. The molecule has 0 heterocycles. The van der Waals surface area contributed by atoms with Crippen molar-refractivity contribution in [3.63, 3.8) is 0 Å². The van der Waals surface area contributed by atoms with Gasteiger partial charge in [0.2, 0.25) is 0 Å². The highest BCUT2D eigenvalue weighted by Crippen LogP contribution is 2.25. The lowest BCUT2D eigenvalue weighted by Gasteiger charge is -2.08. The quantitative estimate of drug-likeness (QED) is 0.645. The average Bonchev–Trinajstić information content (AvgIpc) is 2.39. The van der Waals surface area contributed by atoms with E-state index in [1.807, 2.05) is 31.2 Å². The Morgan fingerprint density at radius 1 is 1.05 bits per heavy atom. The second-order valence-corrected chi connectivity index (χ2v) is 5.04. The van der Waals surface area contributed by atoms with Crippen LogP contribution in [-0.4, -0.2) is 6.61 Å². The van der Waals surface area contributed by atoms with Crippen molar-refractivity contribution in [2.45, 2.75) is 39.5 Å². The molecule has 0 saturated heterocycles. The Morgan fingerprint density at radius 2 is 1.89 bits per heavy atom. The average molecular weight is 260 g/mol. The lowest BCUT2D eigenvalue weighted by Crippen LogP contribution is -1.98. The molecule has 102 valence electrons. The Hall–Kier alpha value is -1.57. The highest BCUT2D eigenvalue weighted by Gasteiger charge is 2.05. The smallest absolute Gasteiger partial charge is 0.134 e. The van der Waals surface area contributed by atoms with Gasteiger partial charge in [-0.05, 0) is 30.9 Å². The largest absolute Gasteiger partial charge is 0.493 e. The van der Waals surface area contributed by atoms with Gasteiger partial charge in [-0.2, -0.15) is 0 Å². The summed E-state index contributed by atoms with van der Waals surface area (Å²) in [5.74, 6) is 0.426. The van der Waals surface area contributed by atoms with Gasteiger partial charge in [0.1, 0.15) is 11.6 Å². The first-order chi connectivity index (χ1) is 9.20. The molecule has 0 unspecified atom stereocenters. The number of hydrogen-bond donors (Lipinski definition) is 0. The zero-order valence-electron chi connectivity index (χ0n) is 11.7. The van der Waals surface area contributed by atoms with Crippen molar-refractivity contribution in [1.29, 1.82) is 0 Å². The molecule has 0 N–H and O–H groups in total. The van der Waals surface area contributed by atoms with Gasteiger partial charge in [-0.15, -0.1) is 0 Å². The summed E-state index contributed by atoms with van der Waals surface area (Å²) in [4.78, 5) is 0. The summed E-state index contributed by atoms with van der Waals surface area (Å²) < 4.78 is 19.6. The summed E-state index contributed by atoms with van der Waals surface area (Å²) in [6, 6.07) is 9.21. The molecule has 0 radical (unpaired) electrons. The van der Waals surface area contributed by atoms with Gasteiger partial charge < -0.3 is 4.74 Å². The minimum absolute atomic E-state index is 0.204. The Morgan fingerprint density at radius 3 is 2.68 bits per heavy atom. The van der Waals surface area contributed by atoms with Gasteiger partial charge in [0.15, 0.2) is 0 Å². The molecule has 1 nitrogen and oxygen atoms in total. The van der Waals surface area contributed by atoms with Crippen LogP contribution < -0.4 is 4.74 Å². The monoisotopic (exact) mass is 260 g/mol. The van der Waals surface area contributed by atoms with E-state index >= 15 is 0 Å². The fourth-order valence-corrected chi connectivity index (χ4v) is 2.20. The van der Waals surface area contributed by atoms with E-state index in [0.29, 0.717) is 17.7 Å². The number of fused-ring (bicyclic) bond motifs is 1. The maximum Gasteiger partial charge on any atom is 0.134 e. The topological polar surface area (TPSA) is 9.23 Å². The minimum atomic E-state index is -0.204. The zero-order chi connectivity index (χ0) is 13.7. The predicted octanol–water partition coefficient (Wildman–Crippen LogP) is 5.25. The van der Waals surface area contributed by atoms with Crippen LogP contribution in [0, 0.1) is 12.7 Å². The summed E-state index contributed by atoms with van der Waals surface area (Å²) in [5.41, 5.74) is 1.07. The predicted molar refractivity (Wildman–Crippen MR) is 78.3 cm³/mol. The Labute approximate surface area is 114 Å². The normalized spacial score (nSPS) is 10.9. The Balaban J connectivity index is 2.06. The van der Waals surface area contributed by atoms with Crippen LogP contribution in [0.5, 0.6) is 5.75 Å². The third kappa shape index (κ3) is 3.69. The van der Waals surface area contributed by atoms with Gasteiger partial charge >= 0.3 is 0 Å². The first-order valence-electron chi connectivity index (χ1n) is 7.03. The molecule has 0 amide bonds. The van der Waals surface area contributed by atoms with Gasteiger partial charge in [-0.3, -0.25) is 0 Å². The van der Waals surface area contributed by atoms with Crippen molar-refractivity contribution >= 4 is 10.8 Å². The molecule has 0 saturated carbocycles. The summed E-state index contributed by atoms with van der Waals surface area (Å²) in [5, 5.41) is 1.56. The molecule has 2 aromatic carbocycles. The molecule has 0 aromatic heterocycles. The third-order valence-corrected chi connectivity index (χ3v) is 3.30. The standard InChI is InChI=1S/C17H21FO/c1-3-4-5-6-9-19-15-11-14-8-7-13(2)10-16(14)17(18)12-15/h7-8,10-12H,3-6,9H2,1-2H3. The van der Waals surface area contributed by atoms with Crippen LogP contribution in [-0.2, 0) is 0 Å². The minimum Gasteiger partial charge on any atom is -0.493 e. The maximum atomic E-state index is 14.0. The first kappa shape index (κ1) is 13.9. The van der Waals surface area contributed by atoms with Crippen LogP contribution in [0.1, 0.15) is 38.2 Å². The highest BCUT2D eigenvalue weighted by molar-refractivity contribution is 5.85. The summed E-state index contributed by atoms with van der Waals surface area (Å²) in [6.45, 7) is 4.81. The van der Waals surface area contributed by atoms with Crippen molar-refractivity contribution < 1.29 is 9.13 Å². The Kier molecular flexibility index (Phi) is 4.78. The molecule has 0 fully saturated rings. The van der Waals surface area contributed by atoms with Gasteiger partial charge in [0, 0.05) is 11.5 Å². The van der Waals surface area contributed by atoms with E-state index in [2.05, 4.69) is 6.92 Å². The molecule has 0 bridgehead atoms. The zero-order valence-corrected chi connectivity index (χ0v) is 11.7. The number of hydrogen-bond acceptors (Lipinski definition) is 1. The van der Waals surface area contributed by atoms with Crippen molar-refractivity contribution in [1.82, 2.24) is 0 Å². The van der Waals surface area contributed by atoms with Crippen molar-refractivity contribution in [2.24, 2.45) is 0 Å². The molecule has 2 rings (SSSR count). The lowest BCUT2D eigenvalue weighted by molar-refractivity contribution is 0.304. The van der Waals surface area contributed by atoms with Crippen molar-refractivity contribution in [3.8, 4) is 5.75 Å². The molecule has 0 aliphatic rings. The molecule has 0 atom stereocenters. The number of rotatable bonds is 6. The molecule has 2 aromatic rings. The van der Waals surface area contributed by atoms with Gasteiger partial charge in [-0.25, -0.2) is 4.39 Å². The van der Waals surface area contributed by atoms with Crippen molar-refractivity contribution in [2.75, 3.05) is 6.61 Å². The molecule has 19 heavy (non-hydrogen) atoms. The number of ether oxygens (including phenoxy) is 1.